The molecule has 0 aliphatic carbocycles. The third kappa shape index (κ3) is 4.21. The van der Waals surface area contributed by atoms with Crippen LogP contribution in [-0.4, -0.2) is 49.9 Å². The van der Waals surface area contributed by atoms with Crippen LogP contribution in [0.25, 0.3) is 0 Å². The van der Waals surface area contributed by atoms with Gasteiger partial charge in [-0.25, -0.2) is 0 Å². The first-order valence-corrected chi connectivity index (χ1v) is 10.5. The maximum atomic E-state index is 12.2. The van der Waals surface area contributed by atoms with Gasteiger partial charge in [-0.3, -0.25) is 9.59 Å². The molecule has 25 heavy (non-hydrogen) atoms. The minimum absolute atomic E-state index is 0.00421. The molecule has 0 bridgehead atoms. The van der Waals surface area contributed by atoms with E-state index in [-0.39, 0.29) is 30.3 Å². The number of aliphatic hydroxyl groups is 4. The van der Waals surface area contributed by atoms with Crippen LogP contribution in [0.1, 0.15) is 38.8 Å². The van der Waals surface area contributed by atoms with Gasteiger partial charge >= 0.3 is 0 Å². The highest BCUT2D eigenvalue weighted by molar-refractivity contribution is 14.1. The molecule has 2 amide bonds. The maximum absolute atomic E-state index is 12.2. The van der Waals surface area contributed by atoms with Crippen molar-refractivity contribution < 1.29 is 30.0 Å². The number of carbonyl (C=O) groups is 2. The Kier molecular flexibility index (Phi) is 7.87. The third-order valence-corrected chi connectivity index (χ3v) is 8.12. The molecule has 0 saturated carbocycles. The molecular weight excluding hydrogens is 673 g/mol. The number of hydrogen-bond donors (Lipinski definition) is 6. The molecule has 1 rings (SSSR count). The molecule has 0 heterocycles. The van der Waals surface area contributed by atoms with Gasteiger partial charge in [0.25, 0.3) is 0 Å². The van der Waals surface area contributed by atoms with Crippen LogP contribution in [0.15, 0.2) is 0 Å². The van der Waals surface area contributed by atoms with E-state index in [2.05, 4.69) is 0 Å². The first-order valence-electron chi connectivity index (χ1n) is 6.77. The van der Waals surface area contributed by atoms with Crippen molar-refractivity contribution in [3.05, 3.63) is 29.4 Å². The zero-order chi connectivity index (χ0) is 19.7. The summed E-state index contributed by atoms with van der Waals surface area (Å²) in [5.41, 5.74) is 6.22. The number of alkyl halides is 1. The summed E-state index contributed by atoms with van der Waals surface area (Å²) in [7, 11) is 0. The first kappa shape index (κ1) is 23.2. The van der Waals surface area contributed by atoms with E-state index in [1.807, 2.05) is 45.2 Å². The van der Waals surface area contributed by atoms with Gasteiger partial charge in [0, 0.05) is 22.7 Å². The predicted molar refractivity (Wildman–Crippen MR) is 115 cm³/mol. The molecule has 0 saturated heterocycles. The minimum Gasteiger partial charge on any atom is -0.393 e. The summed E-state index contributed by atoms with van der Waals surface area (Å²) in [5, 5.41) is 40.6. The molecule has 11 heteroatoms. The highest BCUT2D eigenvalue weighted by Gasteiger charge is 2.42. The zero-order valence-corrected chi connectivity index (χ0v) is 19.5. The second-order valence-electron chi connectivity index (χ2n) is 5.61. The van der Waals surface area contributed by atoms with E-state index in [4.69, 9.17) is 11.5 Å². The van der Waals surface area contributed by atoms with E-state index in [0.29, 0.717) is 3.57 Å². The standard InChI is InChI=1S/C14H17I3N2O6/c1-13(24,3-20)7-5(11(18)22)8(14(25,2-15)4-21)10(17)9(16)6(7)12(19)23/h20-21,24-25H,2-4H2,1H3,(H2,18,22)(H2,19,23). The van der Waals surface area contributed by atoms with Gasteiger partial charge in [0.2, 0.25) is 11.8 Å². The molecule has 1 aromatic rings. The van der Waals surface area contributed by atoms with Crippen LogP contribution in [0, 0.1) is 7.14 Å². The summed E-state index contributed by atoms with van der Waals surface area (Å²) in [5.74, 6) is -1.96. The molecule has 8 nitrogen and oxygen atoms in total. The Labute approximate surface area is 184 Å². The van der Waals surface area contributed by atoms with Gasteiger partial charge in [0.05, 0.1) is 24.3 Å². The Morgan fingerprint density at radius 1 is 0.960 bits per heavy atom. The van der Waals surface area contributed by atoms with Crippen LogP contribution < -0.4 is 11.5 Å². The van der Waals surface area contributed by atoms with Crippen molar-refractivity contribution in [1.29, 1.82) is 0 Å². The Balaban J connectivity index is 4.28. The van der Waals surface area contributed by atoms with Crippen LogP contribution in [0.2, 0.25) is 0 Å². The van der Waals surface area contributed by atoms with E-state index in [1.54, 1.807) is 22.6 Å². The van der Waals surface area contributed by atoms with E-state index in [1.165, 1.54) is 6.92 Å². The predicted octanol–water partition coefficient (Wildman–Crippen LogP) is -0.0917. The number of carbonyl (C=O) groups excluding carboxylic acids is 2. The summed E-state index contributed by atoms with van der Waals surface area (Å²) in [6.45, 7) is -0.361. The van der Waals surface area contributed by atoms with Gasteiger partial charge in [-0.2, -0.15) is 0 Å². The van der Waals surface area contributed by atoms with Gasteiger partial charge in [0.1, 0.15) is 11.2 Å². The van der Waals surface area contributed by atoms with Crippen molar-refractivity contribution in [3.63, 3.8) is 0 Å². The molecule has 2 unspecified atom stereocenters. The number of rotatable bonds is 7. The molecule has 0 aliphatic heterocycles. The van der Waals surface area contributed by atoms with Gasteiger partial charge in [-0.15, -0.1) is 0 Å². The minimum atomic E-state index is -2.03. The number of hydrogen-bond acceptors (Lipinski definition) is 6. The highest BCUT2D eigenvalue weighted by atomic mass is 127. The van der Waals surface area contributed by atoms with Crippen molar-refractivity contribution in [3.8, 4) is 0 Å². The zero-order valence-electron chi connectivity index (χ0n) is 13.0. The fourth-order valence-electron chi connectivity index (χ4n) is 2.41. The maximum Gasteiger partial charge on any atom is 0.250 e. The van der Waals surface area contributed by atoms with Crippen molar-refractivity contribution in [2.24, 2.45) is 11.5 Å². The normalized spacial score (nSPS) is 16.2. The van der Waals surface area contributed by atoms with Crippen LogP contribution in [0.4, 0.5) is 0 Å². The highest BCUT2D eigenvalue weighted by Crippen LogP contribution is 2.41. The molecule has 1 aromatic carbocycles. The summed E-state index contributed by atoms with van der Waals surface area (Å²) >= 11 is 5.43. The van der Waals surface area contributed by atoms with Crippen LogP contribution in [0.5, 0.6) is 0 Å². The molecule has 0 spiro atoms. The molecule has 140 valence electrons. The molecule has 0 aromatic heterocycles. The lowest BCUT2D eigenvalue weighted by molar-refractivity contribution is -0.00743. The van der Waals surface area contributed by atoms with Crippen LogP contribution in [-0.2, 0) is 11.2 Å². The smallest absolute Gasteiger partial charge is 0.250 e. The Morgan fingerprint density at radius 3 is 1.76 bits per heavy atom. The molecule has 0 radical (unpaired) electrons. The van der Waals surface area contributed by atoms with E-state index in [9.17, 15) is 30.0 Å². The number of aliphatic hydroxyl groups excluding tert-OH is 2. The van der Waals surface area contributed by atoms with Crippen LogP contribution in [0.3, 0.4) is 0 Å². The fourth-order valence-corrected chi connectivity index (χ4v) is 4.88. The van der Waals surface area contributed by atoms with Gasteiger partial charge in [-0.05, 0) is 52.1 Å². The Hall–Kier alpha value is 0.190. The topological polar surface area (TPSA) is 167 Å². The van der Waals surface area contributed by atoms with E-state index < -0.39 is 36.2 Å². The Bertz CT molecular complexity index is 719. The average Bonchev–Trinajstić information content (AvgIpc) is 2.54. The first-order chi connectivity index (χ1) is 11.4. The van der Waals surface area contributed by atoms with Crippen molar-refractivity contribution in [2.45, 2.75) is 18.1 Å². The lowest BCUT2D eigenvalue weighted by atomic mass is 9.80. The molecule has 0 aliphatic rings. The second kappa shape index (κ2) is 8.47. The molecular formula is C14H17I3N2O6. The van der Waals surface area contributed by atoms with Gasteiger partial charge < -0.3 is 31.9 Å². The third-order valence-electron chi connectivity index (χ3n) is 3.67. The van der Waals surface area contributed by atoms with E-state index >= 15 is 0 Å². The fraction of sp³-hybridized carbons (Fsp3) is 0.429. The summed E-state index contributed by atoms with van der Waals surface area (Å²) in [4.78, 5) is 24.2. The van der Waals surface area contributed by atoms with Gasteiger partial charge in [0.15, 0.2) is 0 Å². The number of benzene rings is 1. The van der Waals surface area contributed by atoms with E-state index in [0.717, 1.165) is 0 Å². The summed E-state index contributed by atoms with van der Waals surface area (Å²) in [6.07, 6.45) is 0. The van der Waals surface area contributed by atoms with Crippen molar-refractivity contribution >= 4 is 79.6 Å². The number of nitrogens with two attached hydrogens (primary N) is 2. The van der Waals surface area contributed by atoms with Gasteiger partial charge in [-0.1, -0.05) is 22.6 Å². The number of primary amides is 2. The lowest BCUT2D eigenvalue weighted by Crippen LogP contribution is -2.41. The number of amides is 2. The second-order valence-corrected chi connectivity index (χ2v) is 8.53. The van der Waals surface area contributed by atoms with Crippen molar-refractivity contribution in [2.75, 3.05) is 17.6 Å². The van der Waals surface area contributed by atoms with Crippen LogP contribution >= 0.6 is 67.8 Å². The van der Waals surface area contributed by atoms with Crippen molar-refractivity contribution in [1.82, 2.24) is 0 Å². The molecule has 2 atom stereocenters. The summed E-state index contributed by atoms with van der Waals surface area (Å²) < 4.78 is 0.571. The monoisotopic (exact) mass is 690 g/mol. The quantitative estimate of drug-likeness (QED) is 0.173. The molecule has 8 N–H and O–H groups in total. The lowest BCUT2D eigenvalue weighted by Gasteiger charge is -2.33. The summed E-state index contributed by atoms with van der Waals surface area (Å²) in [6, 6.07) is 0. The molecule has 0 fully saturated rings. The largest absolute Gasteiger partial charge is 0.393 e. The SMILES string of the molecule is CC(O)(CO)c1c(C(N)=O)c(I)c(I)c(C(O)(CO)CI)c1C(N)=O. The number of halogens is 3. The Morgan fingerprint density at radius 2 is 1.44 bits per heavy atom. The average molecular weight is 690 g/mol.